The third kappa shape index (κ3) is 3.14. The molecule has 1 unspecified atom stereocenters. The maximum absolute atomic E-state index is 13.9. The quantitative estimate of drug-likeness (QED) is 0.925. The van der Waals surface area contributed by atoms with Crippen molar-refractivity contribution in [1.82, 2.24) is 4.31 Å². The molecule has 1 aliphatic heterocycles. The predicted octanol–water partition coefficient (Wildman–Crippen LogP) is 2.23. The molecule has 0 spiro atoms. The molecule has 0 radical (unpaired) electrons. The van der Waals surface area contributed by atoms with Crippen molar-refractivity contribution in [2.75, 3.05) is 19.6 Å². The fourth-order valence-corrected chi connectivity index (χ4v) is 4.41. The largest absolute Gasteiger partial charge is 0.330 e. The summed E-state index contributed by atoms with van der Waals surface area (Å²) in [6.07, 6.45) is 2.51. The summed E-state index contributed by atoms with van der Waals surface area (Å²) >= 11 is 5.66. The van der Waals surface area contributed by atoms with Crippen LogP contribution < -0.4 is 5.73 Å². The molecular weight excluding hydrogens is 303 g/mol. The molecule has 0 saturated carbocycles. The number of piperidine rings is 1. The third-order valence-corrected chi connectivity index (χ3v) is 5.77. The Morgan fingerprint density at radius 3 is 2.90 bits per heavy atom. The lowest BCUT2D eigenvalue weighted by atomic mass is 9.96. The summed E-state index contributed by atoms with van der Waals surface area (Å²) in [6, 6.07) is 4.03. The second-order valence-corrected chi connectivity index (χ2v) is 7.31. The van der Waals surface area contributed by atoms with Crippen LogP contribution in [0.1, 0.15) is 19.3 Å². The highest BCUT2D eigenvalue weighted by Crippen LogP contribution is 2.28. The number of nitrogens with zero attached hydrogens (tertiary/aromatic N) is 1. The Hall–Kier alpha value is -0.690. The molecule has 2 N–H and O–H groups in total. The van der Waals surface area contributed by atoms with Gasteiger partial charge in [0.05, 0.1) is 5.02 Å². The number of nitrogens with two attached hydrogens (primary N) is 1. The summed E-state index contributed by atoms with van der Waals surface area (Å²) in [5, 5.41) is -0.179. The van der Waals surface area contributed by atoms with Gasteiger partial charge in [-0.25, -0.2) is 12.8 Å². The molecule has 0 aromatic heterocycles. The second kappa shape index (κ2) is 6.39. The van der Waals surface area contributed by atoms with Gasteiger partial charge in [0.1, 0.15) is 4.90 Å². The molecular formula is C13H18ClFN2O2S. The maximum Gasteiger partial charge on any atom is 0.246 e. The fourth-order valence-electron chi connectivity index (χ4n) is 2.54. The average molecular weight is 321 g/mol. The van der Waals surface area contributed by atoms with Gasteiger partial charge in [-0.05, 0) is 43.9 Å². The topological polar surface area (TPSA) is 63.4 Å². The summed E-state index contributed by atoms with van der Waals surface area (Å²) in [5.41, 5.74) is 5.52. The predicted molar refractivity (Wildman–Crippen MR) is 76.6 cm³/mol. The number of rotatable bonds is 4. The van der Waals surface area contributed by atoms with Crippen LogP contribution in [-0.4, -0.2) is 32.4 Å². The minimum Gasteiger partial charge on any atom is -0.330 e. The van der Waals surface area contributed by atoms with Gasteiger partial charge in [0.15, 0.2) is 5.82 Å². The Labute approximate surface area is 123 Å². The van der Waals surface area contributed by atoms with Gasteiger partial charge in [0.2, 0.25) is 10.0 Å². The van der Waals surface area contributed by atoms with E-state index in [0.717, 1.165) is 19.3 Å². The second-order valence-electron chi connectivity index (χ2n) is 5.00. The van der Waals surface area contributed by atoms with Crippen molar-refractivity contribution in [2.24, 2.45) is 11.7 Å². The Morgan fingerprint density at radius 1 is 1.45 bits per heavy atom. The van der Waals surface area contributed by atoms with E-state index in [9.17, 15) is 12.8 Å². The summed E-state index contributed by atoms with van der Waals surface area (Å²) in [6.45, 7) is 1.34. The van der Waals surface area contributed by atoms with Gasteiger partial charge in [-0.15, -0.1) is 0 Å². The highest BCUT2D eigenvalue weighted by molar-refractivity contribution is 7.89. The highest BCUT2D eigenvalue weighted by atomic mass is 35.5. The van der Waals surface area contributed by atoms with Crippen molar-refractivity contribution < 1.29 is 12.8 Å². The van der Waals surface area contributed by atoms with Gasteiger partial charge in [-0.3, -0.25) is 0 Å². The van der Waals surface area contributed by atoms with Crippen LogP contribution in [-0.2, 0) is 10.0 Å². The first-order chi connectivity index (χ1) is 9.46. The molecule has 1 heterocycles. The zero-order valence-corrected chi connectivity index (χ0v) is 12.6. The van der Waals surface area contributed by atoms with E-state index in [-0.39, 0.29) is 15.8 Å². The highest BCUT2D eigenvalue weighted by Gasteiger charge is 2.32. The first-order valence-corrected chi connectivity index (χ1v) is 8.43. The lowest BCUT2D eigenvalue weighted by Gasteiger charge is -2.31. The lowest BCUT2D eigenvalue weighted by Crippen LogP contribution is -2.40. The van der Waals surface area contributed by atoms with Crippen LogP contribution in [0.2, 0.25) is 5.02 Å². The minimum atomic E-state index is -3.83. The molecule has 20 heavy (non-hydrogen) atoms. The number of halogens is 2. The lowest BCUT2D eigenvalue weighted by molar-refractivity contribution is 0.257. The minimum absolute atomic E-state index is 0.179. The SMILES string of the molecule is NCCC1CCCN(S(=O)(=O)c2cccc(Cl)c2F)C1. The summed E-state index contributed by atoms with van der Waals surface area (Å²) in [5.74, 6) is -0.638. The van der Waals surface area contributed by atoms with Gasteiger partial charge in [0.25, 0.3) is 0 Å². The molecule has 1 aromatic carbocycles. The fraction of sp³-hybridized carbons (Fsp3) is 0.538. The van der Waals surface area contributed by atoms with Crippen molar-refractivity contribution in [1.29, 1.82) is 0 Å². The molecule has 0 aliphatic carbocycles. The molecule has 2 rings (SSSR count). The standard InChI is InChI=1S/C13H18ClFN2O2S/c14-11-4-1-5-12(13(11)15)20(18,19)17-8-2-3-10(9-17)6-7-16/h1,4-5,10H,2-3,6-9,16H2. The van der Waals surface area contributed by atoms with E-state index in [0.29, 0.717) is 19.6 Å². The summed E-state index contributed by atoms with van der Waals surface area (Å²) < 4.78 is 40.3. The summed E-state index contributed by atoms with van der Waals surface area (Å²) in [7, 11) is -3.83. The third-order valence-electron chi connectivity index (χ3n) is 3.59. The van der Waals surface area contributed by atoms with Gasteiger partial charge >= 0.3 is 0 Å². The van der Waals surface area contributed by atoms with Crippen molar-refractivity contribution in [3.63, 3.8) is 0 Å². The van der Waals surface area contributed by atoms with Crippen LogP contribution in [0.25, 0.3) is 0 Å². The smallest absolute Gasteiger partial charge is 0.246 e. The van der Waals surface area contributed by atoms with Gasteiger partial charge in [-0.1, -0.05) is 17.7 Å². The summed E-state index contributed by atoms with van der Waals surface area (Å²) in [4.78, 5) is -0.349. The normalized spacial score (nSPS) is 21.1. The first-order valence-electron chi connectivity index (χ1n) is 6.61. The number of sulfonamides is 1. The van der Waals surface area contributed by atoms with Crippen molar-refractivity contribution in [3.8, 4) is 0 Å². The molecule has 1 aliphatic rings. The van der Waals surface area contributed by atoms with Crippen LogP contribution in [0.5, 0.6) is 0 Å². The van der Waals surface area contributed by atoms with Crippen LogP contribution in [0, 0.1) is 11.7 Å². The molecule has 1 saturated heterocycles. The Bertz CT molecular complexity index is 578. The molecule has 1 fully saturated rings. The van der Waals surface area contributed by atoms with E-state index in [4.69, 9.17) is 17.3 Å². The molecule has 112 valence electrons. The van der Waals surface area contributed by atoms with Gasteiger partial charge < -0.3 is 5.73 Å². The Kier molecular flexibility index (Phi) is 5.01. The Morgan fingerprint density at radius 2 is 2.20 bits per heavy atom. The van der Waals surface area contributed by atoms with Gasteiger partial charge in [-0.2, -0.15) is 4.31 Å². The van der Waals surface area contributed by atoms with Crippen LogP contribution >= 0.6 is 11.6 Å². The molecule has 0 bridgehead atoms. The van der Waals surface area contributed by atoms with E-state index in [1.54, 1.807) is 0 Å². The molecule has 1 atom stereocenters. The maximum atomic E-state index is 13.9. The van der Waals surface area contributed by atoms with E-state index < -0.39 is 15.8 Å². The Balaban J connectivity index is 2.28. The van der Waals surface area contributed by atoms with E-state index in [1.807, 2.05) is 0 Å². The number of benzene rings is 1. The molecule has 4 nitrogen and oxygen atoms in total. The van der Waals surface area contributed by atoms with E-state index in [2.05, 4.69) is 0 Å². The zero-order valence-electron chi connectivity index (χ0n) is 11.1. The average Bonchev–Trinajstić information content (AvgIpc) is 2.42. The first kappa shape index (κ1) is 15.7. The van der Waals surface area contributed by atoms with Gasteiger partial charge in [0, 0.05) is 13.1 Å². The zero-order chi connectivity index (χ0) is 14.8. The van der Waals surface area contributed by atoms with E-state index in [1.165, 1.54) is 22.5 Å². The van der Waals surface area contributed by atoms with Crippen molar-refractivity contribution >= 4 is 21.6 Å². The van der Waals surface area contributed by atoms with Crippen LogP contribution in [0.4, 0.5) is 4.39 Å². The number of hydrogen-bond donors (Lipinski definition) is 1. The number of hydrogen-bond acceptors (Lipinski definition) is 3. The van der Waals surface area contributed by atoms with E-state index >= 15 is 0 Å². The molecule has 7 heteroatoms. The molecule has 1 aromatic rings. The van der Waals surface area contributed by atoms with Crippen LogP contribution in [0.3, 0.4) is 0 Å². The van der Waals surface area contributed by atoms with Crippen LogP contribution in [0.15, 0.2) is 23.1 Å². The molecule has 0 amide bonds. The van der Waals surface area contributed by atoms with Crippen molar-refractivity contribution in [3.05, 3.63) is 29.0 Å². The monoisotopic (exact) mass is 320 g/mol. The van der Waals surface area contributed by atoms with Crippen molar-refractivity contribution in [2.45, 2.75) is 24.2 Å².